The van der Waals surface area contributed by atoms with E-state index in [0.717, 1.165) is 11.8 Å². The highest BCUT2D eigenvalue weighted by atomic mass is 14.3. The molecule has 2 aliphatic rings. The van der Waals surface area contributed by atoms with E-state index in [4.69, 9.17) is 0 Å². The van der Waals surface area contributed by atoms with Gasteiger partial charge < -0.3 is 0 Å². The summed E-state index contributed by atoms with van der Waals surface area (Å²) >= 11 is 0. The molecule has 0 unspecified atom stereocenters. The molecule has 0 amide bonds. The van der Waals surface area contributed by atoms with Gasteiger partial charge in [0.25, 0.3) is 0 Å². The molecule has 0 aromatic heterocycles. The third-order valence-corrected chi connectivity index (χ3v) is 3.93. The minimum absolute atomic E-state index is 1.12. The average Bonchev–Trinajstić information content (AvgIpc) is 2.04. The second kappa shape index (κ2) is 4.30. The highest BCUT2D eigenvalue weighted by Crippen LogP contribution is 2.34. The minimum Gasteiger partial charge on any atom is -0.0533 e. The first kappa shape index (κ1) is 8.59. The van der Waals surface area contributed by atoms with Crippen LogP contribution in [0.25, 0.3) is 0 Å². The molecule has 2 rings (SSSR count). The van der Waals surface area contributed by atoms with E-state index in [9.17, 15) is 0 Å². The molecule has 0 aromatic carbocycles. The Bertz CT molecular complexity index is 118. The summed E-state index contributed by atoms with van der Waals surface area (Å²) in [5.41, 5.74) is 0. The molecule has 12 heavy (non-hydrogen) atoms. The third kappa shape index (κ3) is 2.24. The van der Waals surface area contributed by atoms with Crippen LogP contribution in [0.1, 0.15) is 64.2 Å². The van der Waals surface area contributed by atoms with Crippen molar-refractivity contribution in [1.29, 1.82) is 0 Å². The lowest BCUT2D eigenvalue weighted by Gasteiger charge is -2.28. The Morgan fingerprint density at radius 2 is 1.08 bits per heavy atom. The molecule has 70 valence electrons. The third-order valence-electron chi connectivity index (χ3n) is 3.93. The van der Waals surface area contributed by atoms with Crippen LogP contribution in [0, 0.1) is 11.8 Å². The van der Waals surface area contributed by atoms with Gasteiger partial charge in [0, 0.05) is 0 Å². The van der Waals surface area contributed by atoms with Crippen molar-refractivity contribution in [3.8, 4) is 0 Å². The van der Waals surface area contributed by atoms with Crippen molar-refractivity contribution in [3.05, 3.63) is 0 Å². The summed E-state index contributed by atoms with van der Waals surface area (Å²) in [4.78, 5) is 0. The molecule has 0 heteroatoms. The van der Waals surface area contributed by atoms with Crippen molar-refractivity contribution in [2.75, 3.05) is 0 Å². The van der Waals surface area contributed by atoms with E-state index < -0.39 is 0 Å². The Labute approximate surface area is 76.7 Å². The van der Waals surface area contributed by atoms with Crippen LogP contribution in [-0.2, 0) is 0 Å². The Morgan fingerprint density at radius 3 is 1.50 bits per heavy atom. The van der Waals surface area contributed by atoms with E-state index in [1.165, 1.54) is 25.7 Å². The zero-order valence-electron chi connectivity index (χ0n) is 8.23. The fraction of sp³-hybridized carbons (Fsp3) is 1.00. The first-order chi connectivity index (χ1) is 5.95. The summed E-state index contributed by atoms with van der Waals surface area (Å²) in [6.07, 6.45) is 15.4. The summed E-state index contributed by atoms with van der Waals surface area (Å²) in [5.74, 6) is 2.27. The molecule has 2 saturated carbocycles. The molecule has 2 aliphatic carbocycles. The highest BCUT2D eigenvalue weighted by molar-refractivity contribution is 4.73. The van der Waals surface area contributed by atoms with Gasteiger partial charge in [-0.3, -0.25) is 0 Å². The van der Waals surface area contributed by atoms with Crippen LogP contribution in [0.15, 0.2) is 0 Å². The van der Waals surface area contributed by atoms with Crippen molar-refractivity contribution in [2.24, 2.45) is 11.8 Å². The van der Waals surface area contributed by atoms with Gasteiger partial charge in [0.1, 0.15) is 0 Å². The van der Waals surface area contributed by atoms with Crippen LogP contribution in [0.5, 0.6) is 0 Å². The lowest BCUT2D eigenvalue weighted by atomic mass is 9.78. The Hall–Kier alpha value is 0. The number of hydrogen-bond acceptors (Lipinski definition) is 0. The molecule has 0 bridgehead atoms. The standard InChI is InChI=1S/C12H22/c1-2-5-11(6-3-1)9-10-12-7-4-8-12/h11-12H,1-10H2. The lowest BCUT2D eigenvalue weighted by molar-refractivity contribution is 0.246. The monoisotopic (exact) mass is 166 g/mol. The van der Waals surface area contributed by atoms with Crippen LogP contribution >= 0.6 is 0 Å². The maximum atomic E-state index is 1.56. The zero-order chi connectivity index (χ0) is 8.23. The van der Waals surface area contributed by atoms with Crippen LogP contribution < -0.4 is 0 Å². The molecule has 0 radical (unpaired) electrons. The van der Waals surface area contributed by atoms with Crippen molar-refractivity contribution < 1.29 is 0 Å². The second-order valence-electron chi connectivity index (χ2n) is 4.88. The SMILES string of the molecule is C1CCC(CCC2CCC2)CC1. The second-order valence-corrected chi connectivity index (χ2v) is 4.88. The van der Waals surface area contributed by atoms with E-state index in [1.54, 1.807) is 38.5 Å². The first-order valence-corrected chi connectivity index (χ1v) is 5.95. The predicted octanol–water partition coefficient (Wildman–Crippen LogP) is 4.15. The molecule has 0 aromatic rings. The molecular weight excluding hydrogens is 144 g/mol. The van der Waals surface area contributed by atoms with Crippen molar-refractivity contribution >= 4 is 0 Å². The first-order valence-electron chi connectivity index (χ1n) is 5.95. The molecule has 0 N–H and O–H groups in total. The summed E-state index contributed by atoms with van der Waals surface area (Å²) < 4.78 is 0. The quantitative estimate of drug-likeness (QED) is 0.591. The molecule has 0 heterocycles. The van der Waals surface area contributed by atoms with Gasteiger partial charge in [0.15, 0.2) is 0 Å². The normalized spacial score (nSPS) is 27.0. The van der Waals surface area contributed by atoms with Gasteiger partial charge in [-0.15, -0.1) is 0 Å². The summed E-state index contributed by atoms with van der Waals surface area (Å²) in [6, 6.07) is 0. The van der Waals surface area contributed by atoms with Gasteiger partial charge in [0.2, 0.25) is 0 Å². The molecular formula is C12H22. The number of hydrogen-bond donors (Lipinski definition) is 0. The average molecular weight is 166 g/mol. The van der Waals surface area contributed by atoms with Crippen molar-refractivity contribution in [3.63, 3.8) is 0 Å². The van der Waals surface area contributed by atoms with Crippen LogP contribution in [-0.4, -0.2) is 0 Å². The molecule has 2 fully saturated rings. The van der Waals surface area contributed by atoms with Gasteiger partial charge in [-0.05, 0) is 11.8 Å². The van der Waals surface area contributed by atoms with E-state index in [0.29, 0.717) is 0 Å². The van der Waals surface area contributed by atoms with Crippen molar-refractivity contribution in [1.82, 2.24) is 0 Å². The smallest absolute Gasteiger partial charge is 0.0414 e. The number of rotatable bonds is 3. The van der Waals surface area contributed by atoms with Crippen LogP contribution in [0.2, 0.25) is 0 Å². The van der Waals surface area contributed by atoms with Crippen molar-refractivity contribution in [2.45, 2.75) is 64.2 Å². The van der Waals surface area contributed by atoms with Gasteiger partial charge in [-0.2, -0.15) is 0 Å². The maximum Gasteiger partial charge on any atom is -0.0414 e. The zero-order valence-corrected chi connectivity index (χ0v) is 8.23. The Kier molecular flexibility index (Phi) is 3.08. The topological polar surface area (TPSA) is 0 Å². The fourth-order valence-corrected chi connectivity index (χ4v) is 2.73. The van der Waals surface area contributed by atoms with E-state index in [-0.39, 0.29) is 0 Å². The molecule has 0 nitrogen and oxygen atoms in total. The van der Waals surface area contributed by atoms with Gasteiger partial charge >= 0.3 is 0 Å². The highest BCUT2D eigenvalue weighted by Gasteiger charge is 2.20. The van der Waals surface area contributed by atoms with Crippen LogP contribution in [0.3, 0.4) is 0 Å². The molecule has 0 aliphatic heterocycles. The summed E-state index contributed by atoms with van der Waals surface area (Å²) in [7, 11) is 0. The van der Waals surface area contributed by atoms with Gasteiger partial charge in [-0.1, -0.05) is 64.2 Å². The van der Waals surface area contributed by atoms with Crippen LogP contribution in [0.4, 0.5) is 0 Å². The summed E-state index contributed by atoms with van der Waals surface area (Å²) in [6.45, 7) is 0. The van der Waals surface area contributed by atoms with Gasteiger partial charge in [0.05, 0.1) is 0 Å². The summed E-state index contributed by atoms with van der Waals surface area (Å²) in [5, 5.41) is 0. The maximum absolute atomic E-state index is 1.56. The minimum atomic E-state index is 1.12. The fourth-order valence-electron chi connectivity index (χ4n) is 2.73. The Balaban J connectivity index is 1.58. The molecule has 0 spiro atoms. The molecule has 0 saturated heterocycles. The van der Waals surface area contributed by atoms with E-state index >= 15 is 0 Å². The van der Waals surface area contributed by atoms with E-state index in [2.05, 4.69) is 0 Å². The van der Waals surface area contributed by atoms with Gasteiger partial charge in [-0.25, -0.2) is 0 Å². The lowest BCUT2D eigenvalue weighted by Crippen LogP contribution is -2.14. The Morgan fingerprint density at radius 1 is 0.583 bits per heavy atom. The molecule has 0 atom stereocenters. The largest absolute Gasteiger partial charge is 0.0533 e. The predicted molar refractivity (Wildman–Crippen MR) is 53.2 cm³/mol. The van der Waals surface area contributed by atoms with E-state index in [1.807, 2.05) is 0 Å².